The first-order valence-electron chi connectivity index (χ1n) is 11.7. The number of nitrogens with one attached hydrogen (secondary N) is 1. The summed E-state index contributed by atoms with van der Waals surface area (Å²) in [5, 5.41) is 2.69. The number of carbonyl (C=O) groups is 1. The van der Waals surface area contributed by atoms with Crippen LogP contribution >= 0.6 is 0 Å². The van der Waals surface area contributed by atoms with Gasteiger partial charge >= 0.3 is 0 Å². The third-order valence-corrected chi connectivity index (χ3v) is 5.83. The van der Waals surface area contributed by atoms with Crippen LogP contribution < -0.4 is 25.1 Å². The first-order valence-corrected chi connectivity index (χ1v) is 11.7. The average molecular weight is 528 g/mol. The maximum absolute atomic E-state index is 13.3. The number of hydrogen-bond acceptors (Lipinski definition) is 8. The molecule has 0 aliphatic heterocycles. The summed E-state index contributed by atoms with van der Waals surface area (Å²) >= 11 is 0. The van der Waals surface area contributed by atoms with Crippen LogP contribution in [0.4, 0.5) is 10.1 Å². The summed E-state index contributed by atoms with van der Waals surface area (Å²) in [6, 6.07) is 15.3. The minimum atomic E-state index is -0.637. The summed E-state index contributed by atoms with van der Waals surface area (Å²) in [7, 11) is 3.01. The highest BCUT2D eigenvalue weighted by atomic mass is 19.1. The van der Waals surface area contributed by atoms with Gasteiger partial charge in [0.15, 0.2) is 11.5 Å². The molecule has 0 atom stereocenters. The predicted molar refractivity (Wildman–Crippen MR) is 142 cm³/mol. The van der Waals surface area contributed by atoms with Gasteiger partial charge in [0, 0.05) is 30.2 Å². The molecule has 0 aliphatic carbocycles. The molecular weight excluding hydrogens is 505 g/mol. The number of carbonyl (C=O) groups excluding carboxylic acids is 1. The molecule has 0 saturated heterocycles. The number of benzene rings is 2. The fourth-order valence-corrected chi connectivity index (χ4v) is 3.91. The maximum atomic E-state index is 13.3. The van der Waals surface area contributed by atoms with Crippen LogP contribution in [0.1, 0.15) is 16.2 Å². The second-order valence-electron chi connectivity index (χ2n) is 8.29. The summed E-state index contributed by atoms with van der Waals surface area (Å²) in [5.74, 6) is 0.957. The number of nitrogens with zero attached hydrogens (tertiary/aromatic N) is 4. The topological polar surface area (TPSA) is 117 Å². The number of halogens is 1. The van der Waals surface area contributed by atoms with Crippen LogP contribution in [-0.2, 0) is 0 Å². The molecule has 10 nitrogen and oxygen atoms in total. The molecule has 0 spiro atoms. The Morgan fingerprint density at radius 2 is 1.69 bits per heavy atom. The minimum absolute atomic E-state index is 0.163. The van der Waals surface area contributed by atoms with Gasteiger partial charge in [-0.15, -0.1) is 0 Å². The molecule has 3 aromatic heterocycles. The van der Waals surface area contributed by atoms with Gasteiger partial charge in [-0.2, -0.15) is 0 Å². The van der Waals surface area contributed by atoms with Crippen molar-refractivity contribution in [1.82, 2.24) is 19.5 Å². The molecule has 0 saturated carbocycles. The summed E-state index contributed by atoms with van der Waals surface area (Å²) < 4.78 is 31.2. The van der Waals surface area contributed by atoms with Gasteiger partial charge in [0.05, 0.1) is 25.4 Å². The number of methoxy groups -OCH3 is 2. The molecule has 3 heterocycles. The highest BCUT2D eigenvalue weighted by Gasteiger charge is 2.17. The van der Waals surface area contributed by atoms with E-state index in [0.29, 0.717) is 51.4 Å². The zero-order chi connectivity index (χ0) is 27.5. The van der Waals surface area contributed by atoms with Crippen LogP contribution in [0.25, 0.3) is 16.7 Å². The Kier molecular flexibility index (Phi) is 6.87. The normalized spacial score (nSPS) is 10.8. The average Bonchev–Trinajstić information content (AvgIpc) is 2.94. The first-order chi connectivity index (χ1) is 18.9. The van der Waals surface area contributed by atoms with Crippen LogP contribution in [0.3, 0.4) is 0 Å². The van der Waals surface area contributed by atoms with Gasteiger partial charge in [0.2, 0.25) is 0 Å². The van der Waals surface area contributed by atoms with E-state index in [1.165, 1.54) is 49.2 Å². The Morgan fingerprint density at radius 1 is 0.949 bits per heavy atom. The molecule has 1 amide bonds. The van der Waals surface area contributed by atoms with E-state index >= 15 is 0 Å². The van der Waals surface area contributed by atoms with Crippen LogP contribution in [0.5, 0.6) is 23.1 Å². The SMILES string of the molecule is COc1cc2nccc(Oc3ccc(NC(=O)c4cnc(C)n(-c5ccc(F)cc5)c4=O)cc3)c2nc1OC. The summed E-state index contributed by atoms with van der Waals surface area (Å²) in [4.78, 5) is 38.9. The number of fused-ring (bicyclic) bond motifs is 1. The highest BCUT2D eigenvalue weighted by Crippen LogP contribution is 2.34. The zero-order valence-corrected chi connectivity index (χ0v) is 21.1. The summed E-state index contributed by atoms with van der Waals surface area (Å²) in [5.41, 5.74) is 1.14. The van der Waals surface area contributed by atoms with Crippen molar-refractivity contribution in [3.05, 3.63) is 101 Å². The Bertz CT molecular complexity index is 1740. The van der Waals surface area contributed by atoms with Crippen molar-refractivity contribution < 1.29 is 23.4 Å². The minimum Gasteiger partial charge on any atom is -0.491 e. The number of aryl methyl sites for hydroxylation is 1. The van der Waals surface area contributed by atoms with Gasteiger partial charge in [-0.25, -0.2) is 14.4 Å². The molecule has 0 fully saturated rings. The number of pyridine rings is 2. The second kappa shape index (κ2) is 10.6. The molecule has 0 aliphatic rings. The van der Waals surface area contributed by atoms with Crippen molar-refractivity contribution in [2.24, 2.45) is 0 Å². The molecule has 5 aromatic rings. The Balaban J connectivity index is 1.36. The third-order valence-electron chi connectivity index (χ3n) is 5.83. The van der Waals surface area contributed by atoms with E-state index in [1.54, 1.807) is 49.5 Å². The van der Waals surface area contributed by atoms with E-state index in [1.807, 2.05) is 0 Å². The van der Waals surface area contributed by atoms with Gasteiger partial charge in [-0.05, 0) is 55.5 Å². The Morgan fingerprint density at radius 3 is 2.38 bits per heavy atom. The van der Waals surface area contributed by atoms with Gasteiger partial charge in [-0.3, -0.25) is 19.1 Å². The lowest BCUT2D eigenvalue weighted by Crippen LogP contribution is -2.30. The van der Waals surface area contributed by atoms with Gasteiger partial charge < -0.3 is 19.5 Å². The molecule has 2 aromatic carbocycles. The fourth-order valence-electron chi connectivity index (χ4n) is 3.91. The Labute approximate surface area is 221 Å². The fraction of sp³-hybridized carbons (Fsp3) is 0.107. The quantitative estimate of drug-likeness (QED) is 0.324. The molecule has 5 rings (SSSR count). The van der Waals surface area contributed by atoms with E-state index in [-0.39, 0.29) is 5.56 Å². The molecule has 196 valence electrons. The van der Waals surface area contributed by atoms with E-state index in [2.05, 4.69) is 20.3 Å². The van der Waals surface area contributed by atoms with Gasteiger partial charge in [0.1, 0.15) is 28.5 Å². The second-order valence-corrected chi connectivity index (χ2v) is 8.29. The van der Waals surface area contributed by atoms with Crippen molar-refractivity contribution in [3.63, 3.8) is 0 Å². The number of rotatable bonds is 7. The monoisotopic (exact) mass is 527 g/mol. The number of hydrogen-bond donors (Lipinski definition) is 1. The lowest BCUT2D eigenvalue weighted by atomic mass is 10.2. The molecule has 11 heteroatoms. The van der Waals surface area contributed by atoms with Crippen LogP contribution in [-0.4, -0.2) is 39.6 Å². The van der Waals surface area contributed by atoms with Gasteiger partial charge in [0.25, 0.3) is 17.3 Å². The number of aromatic nitrogens is 4. The van der Waals surface area contributed by atoms with Crippen LogP contribution in [0.15, 0.2) is 77.9 Å². The lowest BCUT2D eigenvalue weighted by molar-refractivity contribution is 0.102. The van der Waals surface area contributed by atoms with Gasteiger partial charge in [-0.1, -0.05) is 0 Å². The number of ether oxygens (including phenoxy) is 3. The first kappa shape index (κ1) is 25.3. The summed E-state index contributed by atoms with van der Waals surface area (Å²) in [6.07, 6.45) is 2.81. The largest absolute Gasteiger partial charge is 0.491 e. The molecule has 39 heavy (non-hydrogen) atoms. The van der Waals surface area contributed by atoms with Crippen molar-refractivity contribution in [2.75, 3.05) is 19.5 Å². The van der Waals surface area contributed by atoms with Crippen LogP contribution in [0, 0.1) is 12.7 Å². The summed E-state index contributed by atoms with van der Waals surface area (Å²) in [6.45, 7) is 1.62. The smallest absolute Gasteiger partial charge is 0.270 e. The van der Waals surface area contributed by atoms with E-state index in [0.717, 1.165) is 0 Å². The number of amides is 1. The van der Waals surface area contributed by atoms with Crippen LogP contribution in [0.2, 0.25) is 0 Å². The van der Waals surface area contributed by atoms with E-state index in [4.69, 9.17) is 14.2 Å². The highest BCUT2D eigenvalue weighted by molar-refractivity contribution is 6.03. The molecule has 0 radical (unpaired) electrons. The van der Waals surface area contributed by atoms with Crippen molar-refractivity contribution >= 4 is 22.6 Å². The number of anilines is 1. The molecule has 0 unspecified atom stereocenters. The Hall–Kier alpha value is -5.32. The standard InChI is InChI=1S/C28H22FN5O5/c1-16-31-15-21(28(36)34(16)19-8-4-17(29)5-9-19)26(35)32-18-6-10-20(11-7-18)39-23-12-13-30-22-14-24(37-2)27(38-3)33-25(22)23/h4-15H,1-3H3,(H,32,35). The molecular formula is C28H22FN5O5. The molecule has 0 bridgehead atoms. The van der Waals surface area contributed by atoms with E-state index < -0.39 is 17.3 Å². The van der Waals surface area contributed by atoms with Crippen molar-refractivity contribution in [1.29, 1.82) is 0 Å². The maximum Gasteiger partial charge on any atom is 0.270 e. The van der Waals surface area contributed by atoms with E-state index in [9.17, 15) is 14.0 Å². The van der Waals surface area contributed by atoms with Crippen molar-refractivity contribution in [3.8, 4) is 28.8 Å². The van der Waals surface area contributed by atoms with Crippen molar-refractivity contribution in [2.45, 2.75) is 6.92 Å². The predicted octanol–water partition coefficient (Wildman–Crippen LogP) is 4.69. The lowest BCUT2D eigenvalue weighted by Gasteiger charge is -2.12. The molecule has 1 N–H and O–H groups in total. The zero-order valence-electron chi connectivity index (χ0n) is 21.1. The third kappa shape index (κ3) is 5.10.